The Morgan fingerprint density at radius 3 is 1.75 bits per heavy atom. The van der Waals surface area contributed by atoms with Crippen LogP contribution in [0.3, 0.4) is 0 Å². The predicted octanol–water partition coefficient (Wildman–Crippen LogP) is 2.10. The highest BCUT2D eigenvalue weighted by Crippen LogP contribution is 2.42. The maximum Gasteiger partial charge on any atom is 0.409 e. The number of rotatable bonds is 4. The van der Waals surface area contributed by atoms with Crippen molar-refractivity contribution in [2.75, 3.05) is 0 Å². The molecular weight excluding hydrogens is 296 g/mol. The molecule has 0 aromatic carbocycles. The van der Waals surface area contributed by atoms with Crippen molar-refractivity contribution >= 4 is 11.9 Å². The molecular formula is C10H11F6NO3. The number of halogens is 6. The third-order valence-electron chi connectivity index (χ3n) is 3.14. The van der Waals surface area contributed by atoms with Gasteiger partial charge >= 0.3 is 18.3 Å². The molecule has 1 rings (SSSR count). The zero-order valence-corrected chi connectivity index (χ0v) is 10.1. The minimum atomic E-state index is -5.84. The molecule has 10 heteroatoms. The third-order valence-corrected chi connectivity index (χ3v) is 3.14. The predicted molar refractivity (Wildman–Crippen MR) is 52.5 cm³/mol. The Bertz CT molecular complexity index is 400. The zero-order valence-electron chi connectivity index (χ0n) is 10.1. The first-order chi connectivity index (χ1) is 8.80. The molecule has 1 aliphatic carbocycles. The van der Waals surface area contributed by atoms with E-state index in [9.17, 15) is 35.9 Å². The average molecular weight is 307 g/mol. The van der Waals surface area contributed by atoms with Crippen LogP contribution in [0, 0.1) is 11.8 Å². The second-order valence-corrected chi connectivity index (χ2v) is 4.79. The fourth-order valence-electron chi connectivity index (χ4n) is 1.80. The smallest absolute Gasteiger partial charge is 0.409 e. The van der Waals surface area contributed by atoms with E-state index in [1.54, 1.807) is 0 Å². The van der Waals surface area contributed by atoms with Crippen LogP contribution in [0.5, 0.6) is 0 Å². The second kappa shape index (κ2) is 4.81. The van der Waals surface area contributed by atoms with E-state index in [1.807, 2.05) is 0 Å². The monoisotopic (exact) mass is 307 g/mol. The van der Waals surface area contributed by atoms with Gasteiger partial charge in [-0.2, -0.15) is 26.3 Å². The van der Waals surface area contributed by atoms with Gasteiger partial charge in [-0.1, -0.05) is 0 Å². The summed E-state index contributed by atoms with van der Waals surface area (Å²) >= 11 is 0. The molecule has 1 atom stereocenters. The summed E-state index contributed by atoms with van der Waals surface area (Å²) in [6.07, 6.45) is -11.1. The molecule has 0 aliphatic heterocycles. The fourth-order valence-corrected chi connectivity index (χ4v) is 1.80. The standard InChI is InChI=1S/C10H11F6NO3/c1-8(7(19)20,4-2-3-4)17-6(18)5(9(11,12)13)10(14,15)16/h4-5H,2-3H2,1H3,(H,17,18)(H,19,20). The topological polar surface area (TPSA) is 66.4 Å². The normalized spacial score (nSPS) is 19.6. The van der Waals surface area contributed by atoms with Gasteiger partial charge in [0, 0.05) is 0 Å². The third kappa shape index (κ3) is 3.34. The van der Waals surface area contributed by atoms with Crippen LogP contribution >= 0.6 is 0 Å². The Morgan fingerprint density at radius 2 is 1.50 bits per heavy atom. The van der Waals surface area contributed by atoms with Gasteiger partial charge in [-0.3, -0.25) is 4.79 Å². The Labute approximate surface area is 109 Å². The Kier molecular flexibility index (Phi) is 3.99. The lowest BCUT2D eigenvalue weighted by atomic mass is 9.94. The number of carbonyl (C=O) groups is 2. The number of amides is 1. The van der Waals surface area contributed by atoms with Crippen LogP contribution in [0.1, 0.15) is 19.8 Å². The SMILES string of the molecule is CC(NC(=O)C(C(F)(F)F)C(F)(F)F)(C(=O)O)C1CC1. The van der Waals surface area contributed by atoms with Crippen molar-refractivity contribution in [3.63, 3.8) is 0 Å². The van der Waals surface area contributed by atoms with Crippen molar-refractivity contribution in [3.8, 4) is 0 Å². The van der Waals surface area contributed by atoms with Crippen molar-refractivity contribution in [3.05, 3.63) is 0 Å². The first-order valence-electron chi connectivity index (χ1n) is 5.49. The summed E-state index contributed by atoms with van der Waals surface area (Å²) in [7, 11) is 0. The van der Waals surface area contributed by atoms with Gasteiger partial charge in [0.15, 0.2) is 0 Å². The fraction of sp³-hybridized carbons (Fsp3) is 0.800. The quantitative estimate of drug-likeness (QED) is 0.782. The Hall–Kier alpha value is -1.48. The Morgan fingerprint density at radius 1 is 1.10 bits per heavy atom. The lowest BCUT2D eigenvalue weighted by Crippen LogP contribution is -2.59. The summed E-state index contributed by atoms with van der Waals surface area (Å²) in [5.74, 6) is -8.99. The van der Waals surface area contributed by atoms with E-state index in [0.29, 0.717) is 12.8 Å². The highest BCUT2D eigenvalue weighted by Gasteiger charge is 2.62. The molecule has 1 saturated carbocycles. The summed E-state index contributed by atoms with van der Waals surface area (Å²) in [4.78, 5) is 22.3. The first-order valence-corrected chi connectivity index (χ1v) is 5.49. The van der Waals surface area contributed by atoms with Crippen molar-refractivity contribution in [2.45, 2.75) is 37.7 Å². The molecule has 1 fully saturated rings. The summed E-state index contributed by atoms with van der Waals surface area (Å²) in [6, 6.07) is 0. The molecule has 0 radical (unpaired) electrons. The van der Waals surface area contributed by atoms with Crippen molar-refractivity contribution in [1.29, 1.82) is 0 Å². The number of carbonyl (C=O) groups excluding carboxylic acids is 1. The molecule has 0 spiro atoms. The highest BCUT2D eigenvalue weighted by atomic mass is 19.4. The van der Waals surface area contributed by atoms with Crippen molar-refractivity contribution in [2.24, 2.45) is 11.8 Å². The number of carboxylic acid groups (broad SMARTS) is 1. The van der Waals surface area contributed by atoms with Gasteiger partial charge in [0.1, 0.15) is 5.54 Å². The summed E-state index contributed by atoms with van der Waals surface area (Å²) < 4.78 is 74.0. The van der Waals surface area contributed by atoms with E-state index in [4.69, 9.17) is 5.11 Å². The zero-order chi connectivity index (χ0) is 15.9. The minimum absolute atomic E-state index is 0.311. The minimum Gasteiger partial charge on any atom is -0.480 e. The van der Waals surface area contributed by atoms with Gasteiger partial charge < -0.3 is 10.4 Å². The maximum absolute atomic E-state index is 12.3. The first kappa shape index (κ1) is 16.6. The molecule has 1 amide bonds. The molecule has 0 saturated heterocycles. The highest BCUT2D eigenvalue weighted by molar-refractivity contribution is 5.89. The van der Waals surface area contributed by atoms with E-state index in [2.05, 4.69) is 0 Å². The van der Waals surface area contributed by atoms with E-state index < -0.39 is 41.6 Å². The second-order valence-electron chi connectivity index (χ2n) is 4.79. The number of aliphatic carboxylic acids is 1. The van der Waals surface area contributed by atoms with Crippen LogP contribution in [0.4, 0.5) is 26.3 Å². The molecule has 116 valence electrons. The van der Waals surface area contributed by atoms with Gasteiger partial charge in [0.25, 0.3) is 0 Å². The lowest BCUT2D eigenvalue weighted by molar-refractivity contribution is -0.274. The molecule has 4 nitrogen and oxygen atoms in total. The van der Waals surface area contributed by atoms with Gasteiger partial charge in [-0.25, -0.2) is 4.79 Å². The Balaban J connectivity index is 3.00. The van der Waals surface area contributed by atoms with E-state index in [1.165, 1.54) is 5.32 Å². The lowest BCUT2D eigenvalue weighted by Gasteiger charge is -2.30. The van der Waals surface area contributed by atoms with Crippen molar-refractivity contribution in [1.82, 2.24) is 5.32 Å². The number of alkyl halides is 6. The van der Waals surface area contributed by atoms with Gasteiger partial charge in [-0.15, -0.1) is 0 Å². The van der Waals surface area contributed by atoms with Crippen LogP contribution < -0.4 is 5.32 Å². The van der Waals surface area contributed by atoms with E-state index in [0.717, 1.165) is 6.92 Å². The summed E-state index contributed by atoms with van der Waals surface area (Å²) in [5.41, 5.74) is -2.13. The largest absolute Gasteiger partial charge is 0.480 e. The van der Waals surface area contributed by atoms with Gasteiger partial charge in [-0.05, 0) is 25.7 Å². The van der Waals surface area contributed by atoms with E-state index >= 15 is 0 Å². The van der Waals surface area contributed by atoms with Gasteiger partial charge in [0.05, 0.1) is 0 Å². The maximum atomic E-state index is 12.3. The van der Waals surface area contributed by atoms with E-state index in [-0.39, 0.29) is 0 Å². The molecule has 1 aliphatic rings. The van der Waals surface area contributed by atoms with Crippen LogP contribution in [0.2, 0.25) is 0 Å². The average Bonchev–Trinajstić information content (AvgIpc) is 2.93. The molecule has 20 heavy (non-hydrogen) atoms. The van der Waals surface area contributed by atoms with Crippen LogP contribution in [0.25, 0.3) is 0 Å². The molecule has 0 bridgehead atoms. The number of hydrogen-bond acceptors (Lipinski definition) is 2. The van der Waals surface area contributed by atoms with Crippen LogP contribution in [-0.2, 0) is 9.59 Å². The van der Waals surface area contributed by atoms with Crippen molar-refractivity contribution < 1.29 is 41.0 Å². The van der Waals surface area contributed by atoms with Crippen LogP contribution in [0.15, 0.2) is 0 Å². The number of nitrogens with one attached hydrogen (secondary N) is 1. The summed E-state index contributed by atoms with van der Waals surface area (Å²) in [6.45, 7) is 0.898. The van der Waals surface area contributed by atoms with Gasteiger partial charge in [0.2, 0.25) is 11.8 Å². The molecule has 0 aromatic rings. The number of hydrogen-bond donors (Lipinski definition) is 2. The summed E-state index contributed by atoms with van der Waals surface area (Å²) in [5, 5.41) is 10.3. The molecule has 0 heterocycles. The van der Waals surface area contributed by atoms with Crippen LogP contribution in [-0.4, -0.2) is 34.9 Å². The molecule has 1 unspecified atom stereocenters. The number of carboxylic acids is 1. The molecule has 2 N–H and O–H groups in total. The molecule has 0 aromatic heterocycles.